The molecule has 0 aromatic heterocycles. The molecule has 0 unspecified atom stereocenters. The van der Waals surface area contributed by atoms with Crippen LogP contribution < -0.4 is 0 Å². The lowest BCUT2D eigenvalue weighted by Crippen LogP contribution is -2.34. The molecule has 0 aromatic carbocycles. The first-order valence-electron chi connectivity index (χ1n) is 9.53. The van der Waals surface area contributed by atoms with E-state index < -0.39 is 42.1 Å². The number of aliphatic hydroxyl groups excluding tert-OH is 1. The molecule has 4 atom stereocenters. The van der Waals surface area contributed by atoms with Crippen LogP contribution in [0.4, 0.5) is 0 Å². The van der Waals surface area contributed by atoms with Gasteiger partial charge in [-0.25, -0.2) is 9.59 Å². The summed E-state index contributed by atoms with van der Waals surface area (Å²) in [6.45, 7) is 10.2. The third-order valence-electron chi connectivity index (χ3n) is 5.09. The Morgan fingerprint density at radius 1 is 1.31 bits per heavy atom. The standard InChI is InChI=1S/C22H28O7/c1-12-6-7-17(27-16(5)24)14(3)11-19-20(15(4)22(26)29-19)18(10-12)28-21(25)13(2)8-9-23/h6,8,11,17-20,23H,4,7,9-10H2,1-3,5H3/b12-6-,13-8+,14-11+/t17-,18+,19+,20+/m0/s1. The second-order valence-corrected chi connectivity index (χ2v) is 7.43. The van der Waals surface area contributed by atoms with Gasteiger partial charge in [-0.2, -0.15) is 0 Å². The molecule has 0 aromatic rings. The topological polar surface area (TPSA) is 99.1 Å². The van der Waals surface area contributed by atoms with Crippen LogP contribution in [0, 0.1) is 5.92 Å². The minimum Gasteiger partial charge on any atom is -0.458 e. The first-order valence-corrected chi connectivity index (χ1v) is 9.53. The van der Waals surface area contributed by atoms with Crippen molar-refractivity contribution in [3.8, 4) is 0 Å². The number of hydrogen-bond donors (Lipinski definition) is 1. The minimum atomic E-state index is -0.682. The van der Waals surface area contributed by atoms with E-state index in [1.165, 1.54) is 13.0 Å². The van der Waals surface area contributed by atoms with Gasteiger partial charge in [0, 0.05) is 30.9 Å². The molecule has 158 valence electrons. The largest absolute Gasteiger partial charge is 0.458 e. The molecular formula is C22H28O7. The first-order chi connectivity index (χ1) is 13.6. The van der Waals surface area contributed by atoms with E-state index in [4.69, 9.17) is 19.3 Å². The Kier molecular flexibility index (Phi) is 7.56. The zero-order chi connectivity index (χ0) is 21.7. The number of fused-ring (bicyclic) bond motifs is 1. The summed E-state index contributed by atoms with van der Waals surface area (Å²) in [5.41, 5.74) is 2.17. The molecule has 7 heteroatoms. The summed E-state index contributed by atoms with van der Waals surface area (Å²) in [5, 5.41) is 9.01. The molecular weight excluding hydrogens is 376 g/mol. The van der Waals surface area contributed by atoms with Crippen LogP contribution in [0.25, 0.3) is 0 Å². The lowest BCUT2D eigenvalue weighted by Gasteiger charge is -2.28. The van der Waals surface area contributed by atoms with Crippen LogP contribution in [0.15, 0.2) is 47.1 Å². The predicted molar refractivity (Wildman–Crippen MR) is 106 cm³/mol. The van der Waals surface area contributed by atoms with E-state index in [9.17, 15) is 14.4 Å². The molecule has 1 N–H and O–H groups in total. The van der Waals surface area contributed by atoms with Gasteiger partial charge in [0.15, 0.2) is 0 Å². The SMILES string of the molecule is C=C1C(=O)O[C@@H]2/C=C(\C)[C@@H](OC(C)=O)C/C=C(/C)C[C@@H](OC(=O)/C(C)=C/CO)[C@@H]12. The Hall–Kier alpha value is -2.67. The van der Waals surface area contributed by atoms with E-state index in [2.05, 4.69) is 6.58 Å². The van der Waals surface area contributed by atoms with Crippen molar-refractivity contribution < 1.29 is 33.7 Å². The zero-order valence-corrected chi connectivity index (χ0v) is 17.3. The number of ether oxygens (including phenoxy) is 3. The number of esters is 3. The molecule has 1 heterocycles. The quantitative estimate of drug-likeness (QED) is 0.333. The van der Waals surface area contributed by atoms with Crippen molar-refractivity contribution in [2.75, 3.05) is 6.61 Å². The number of aliphatic hydroxyl groups is 1. The van der Waals surface area contributed by atoms with Crippen LogP contribution in [0.1, 0.15) is 40.5 Å². The fourth-order valence-electron chi connectivity index (χ4n) is 3.48. The van der Waals surface area contributed by atoms with Gasteiger partial charge in [0.25, 0.3) is 0 Å². The maximum atomic E-state index is 12.4. The molecule has 1 fully saturated rings. The van der Waals surface area contributed by atoms with Crippen LogP contribution in [-0.4, -0.2) is 47.9 Å². The van der Waals surface area contributed by atoms with Crippen LogP contribution in [0.2, 0.25) is 0 Å². The summed E-state index contributed by atoms with van der Waals surface area (Å²) in [7, 11) is 0. The van der Waals surface area contributed by atoms with Gasteiger partial charge in [-0.1, -0.05) is 18.2 Å². The molecule has 1 saturated heterocycles. The highest BCUT2D eigenvalue weighted by Crippen LogP contribution is 2.36. The third-order valence-corrected chi connectivity index (χ3v) is 5.09. The second-order valence-electron chi connectivity index (χ2n) is 7.43. The maximum Gasteiger partial charge on any atom is 0.334 e. The lowest BCUT2D eigenvalue weighted by atomic mass is 9.85. The molecule has 0 bridgehead atoms. The van der Waals surface area contributed by atoms with Crippen molar-refractivity contribution in [1.29, 1.82) is 0 Å². The Labute approximate surface area is 170 Å². The summed E-state index contributed by atoms with van der Waals surface area (Å²) >= 11 is 0. The average molecular weight is 404 g/mol. The normalized spacial score (nSPS) is 31.6. The lowest BCUT2D eigenvalue weighted by molar-refractivity contribution is -0.148. The van der Waals surface area contributed by atoms with Crippen molar-refractivity contribution in [1.82, 2.24) is 0 Å². The first kappa shape index (κ1) is 22.6. The van der Waals surface area contributed by atoms with Gasteiger partial charge in [-0.05, 0) is 38.5 Å². The summed E-state index contributed by atoms with van der Waals surface area (Å²) in [5.74, 6) is -2.08. The van der Waals surface area contributed by atoms with E-state index >= 15 is 0 Å². The molecule has 0 saturated carbocycles. The Morgan fingerprint density at radius 2 is 2.00 bits per heavy atom. The number of carbonyl (C=O) groups is 3. The van der Waals surface area contributed by atoms with Gasteiger partial charge in [-0.3, -0.25) is 4.79 Å². The second kappa shape index (κ2) is 9.69. The predicted octanol–water partition coefficient (Wildman–Crippen LogP) is 2.55. The molecule has 1 aliphatic heterocycles. The fraction of sp³-hybridized carbons (Fsp3) is 0.500. The molecule has 0 radical (unpaired) electrons. The van der Waals surface area contributed by atoms with Gasteiger partial charge < -0.3 is 19.3 Å². The maximum absolute atomic E-state index is 12.4. The average Bonchev–Trinajstić information content (AvgIpc) is 2.90. The van der Waals surface area contributed by atoms with E-state index in [-0.39, 0.29) is 17.8 Å². The third kappa shape index (κ3) is 5.67. The molecule has 2 rings (SSSR count). The van der Waals surface area contributed by atoms with Crippen LogP contribution in [0.3, 0.4) is 0 Å². The van der Waals surface area contributed by atoms with E-state index in [0.29, 0.717) is 12.8 Å². The zero-order valence-electron chi connectivity index (χ0n) is 17.3. The van der Waals surface area contributed by atoms with Crippen LogP contribution >= 0.6 is 0 Å². The smallest absolute Gasteiger partial charge is 0.334 e. The molecule has 0 spiro atoms. The fourth-order valence-corrected chi connectivity index (χ4v) is 3.48. The van der Waals surface area contributed by atoms with Crippen LogP contribution in [-0.2, 0) is 28.6 Å². The molecule has 2 aliphatic rings. The van der Waals surface area contributed by atoms with E-state index in [1.807, 2.05) is 13.0 Å². The number of rotatable bonds is 4. The van der Waals surface area contributed by atoms with Crippen molar-refractivity contribution >= 4 is 17.9 Å². The Balaban J connectivity index is 2.42. The summed E-state index contributed by atoms with van der Waals surface area (Å²) < 4.78 is 16.6. The highest BCUT2D eigenvalue weighted by Gasteiger charge is 2.44. The van der Waals surface area contributed by atoms with Crippen LogP contribution in [0.5, 0.6) is 0 Å². The Bertz CT molecular complexity index is 787. The van der Waals surface area contributed by atoms with Gasteiger partial charge in [-0.15, -0.1) is 0 Å². The van der Waals surface area contributed by atoms with Gasteiger partial charge >= 0.3 is 17.9 Å². The molecule has 0 amide bonds. The van der Waals surface area contributed by atoms with Crippen molar-refractivity contribution in [3.05, 3.63) is 47.1 Å². The molecule has 1 aliphatic carbocycles. The van der Waals surface area contributed by atoms with Crippen molar-refractivity contribution in [2.45, 2.75) is 58.8 Å². The van der Waals surface area contributed by atoms with E-state index in [1.54, 1.807) is 19.9 Å². The minimum absolute atomic E-state index is 0.234. The highest BCUT2D eigenvalue weighted by atomic mass is 16.6. The molecule has 7 nitrogen and oxygen atoms in total. The van der Waals surface area contributed by atoms with Crippen molar-refractivity contribution in [2.24, 2.45) is 5.92 Å². The van der Waals surface area contributed by atoms with E-state index in [0.717, 1.165) is 11.1 Å². The summed E-state index contributed by atoms with van der Waals surface area (Å²) in [4.78, 5) is 36.1. The summed E-state index contributed by atoms with van der Waals surface area (Å²) in [6.07, 6.45) is 4.05. The Morgan fingerprint density at radius 3 is 2.62 bits per heavy atom. The number of hydrogen-bond acceptors (Lipinski definition) is 7. The number of carbonyl (C=O) groups excluding carboxylic acids is 3. The van der Waals surface area contributed by atoms with Gasteiger partial charge in [0.2, 0.25) is 0 Å². The molecule has 29 heavy (non-hydrogen) atoms. The van der Waals surface area contributed by atoms with Gasteiger partial charge in [0.05, 0.1) is 12.5 Å². The van der Waals surface area contributed by atoms with Gasteiger partial charge in [0.1, 0.15) is 18.3 Å². The monoisotopic (exact) mass is 404 g/mol. The summed E-state index contributed by atoms with van der Waals surface area (Å²) in [6, 6.07) is 0. The highest BCUT2D eigenvalue weighted by molar-refractivity contribution is 5.92. The van der Waals surface area contributed by atoms with Crippen molar-refractivity contribution in [3.63, 3.8) is 0 Å².